The highest BCUT2D eigenvalue weighted by Crippen LogP contribution is 2.30. The molecule has 0 aromatic heterocycles. The van der Waals surface area contributed by atoms with E-state index < -0.39 is 11.5 Å². The molecule has 0 aromatic rings. The van der Waals surface area contributed by atoms with Gasteiger partial charge in [0.1, 0.15) is 5.54 Å². The highest BCUT2D eigenvalue weighted by Gasteiger charge is 2.41. The molecule has 0 unspecified atom stereocenters. The van der Waals surface area contributed by atoms with Crippen molar-refractivity contribution in [1.29, 1.82) is 0 Å². The number of carbonyl (C=O) groups is 1. The molecule has 2 aliphatic rings. The van der Waals surface area contributed by atoms with E-state index in [1.54, 1.807) is 0 Å². The van der Waals surface area contributed by atoms with Gasteiger partial charge >= 0.3 is 5.97 Å². The molecule has 1 saturated heterocycles. The summed E-state index contributed by atoms with van der Waals surface area (Å²) in [6.45, 7) is 2.64. The van der Waals surface area contributed by atoms with Gasteiger partial charge in [-0.3, -0.25) is 4.79 Å². The molecule has 0 radical (unpaired) electrons. The molecular formula is C11H20N2O2. The molecular weight excluding hydrogens is 192 g/mol. The maximum atomic E-state index is 11.3. The molecule has 1 aliphatic carbocycles. The molecule has 1 saturated carbocycles. The highest BCUT2D eigenvalue weighted by molar-refractivity contribution is 5.79. The van der Waals surface area contributed by atoms with E-state index >= 15 is 0 Å². The number of piperidine rings is 1. The number of hydrogen-bond acceptors (Lipinski definition) is 3. The van der Waals surface area contributed by atoms with Crippen LogP contribution in [0.25, 0.3) is 0 Å². The van der Waals surface area contributed by atoms with Crippen molar-refractivity contribution in [3.63, 3.8) is 0 Å². The Labute approximate surface area is 90.6 Å². The molecule has 0 spiro atoms. The maximum absolute atomic E-state index is 11.3. The van der Waals surface area contributed by atoms with Gasteiger partial charge in [0.05, 0.1) is 0 Å². The first-order valence-electron chi connectivity index (χ1n) is 5.79. The van der Waals surface area contributed by atoms with Crippen LogP contribution in [-0.2, 0) is 4.79 Å². The summed E-state index contributed by atoms with van der Waals surface area (Å²) in [6, 6.07) is 0. The van der Waals surface area contributed by atoms with E-state index in [1.165, 1.54) is 12.8 Å². The van der Waals surface area contributed by atoms with Gasteiger partial charge in [-0.1, -0.05) is 0 Å². The first kappa shape index (κ1) is 10.9. The molecule has 2 rings (SSSR count). The highest BCUT2D eigenvalue weighted by atomic mass is 16.4. The van der Waals surface area contributed by atoms with E-state index in [9.17, 15) is 9.90 Å². The van der Waals surface area contributed by atoms with Crippen molar-refractivity contribution in [3.8, 4) is 0 Å². The van der Waals surface area contributed by atoms with Crippen LogP contribution in [0.4, 0.5) is 0 Å². The van der Waals surface area contributed by atoms with Crippen molar-refractivity contribution in [2.75, 3.05) is 26.7 Å². The van der Waals surface area contributed by atoms with Crippen molar-refractivity contribution in [1.82, 2.24) is 10.2 Å². The van der Waals surface area contributed by atoms with Crippen molar-refractivity contribution >= 4 is 5.97 Å². The Balaban J connectivity index is 1.93. The molecule has 0 bridgehead atoms. The molecule has 1 heterocycles. The van der Waals surface area contributed by atoms with Crippen LogP contribution in [0.3, 0.4) is 0 Å². The van der Waals surface area contributed by atoms with Crippen LogP contribution in [0, 0.1) is 5.92 Å². The van der Waals surface area contributed by atoms with Crippen LogP contribution < -0.4 is 5.32 Å². The molecule has 0 aromatic carbocycles. The summed E-state index contributed by atoms with van der Waals surface area (Å²) in [5, 5.41) is 12.6. The van der Waals surface area contributed by atoms with E-state index in [0.717, 1.165) is 38.4 Å². The molecule has 2 N–H and O–H groups in total. The van der Waals surface area contributed by atoms with Crippen LogP contribution >= 0.6 is 0 Å². The summed E-state index contributed by atoms with van der Waals surface area (Å²) < 4.78 is 0. The summed E-state index contributed by atoms with van der Waals surface area (Å²) in [5.41, 5.74) is -0.644. The molecule has 4 nitrogen and oxygen atoms in total. The van der Waals surface area contributed by atoms with Crippen LogP contribution in [0.15, 0.2) is 0 Å². The van der Waals surface area contributed by atoms with E-state index in [-0.39, 0.29) is 0 Å². The van der Waals surface area contributed by atoms with Crippen molar-refractivity contribution in [3.05, 3.63) is 0 Å². The van der Waals surface area contributed by atoms with Gasteiger partial charge in [-0.2, -0.15) is 0 Å². The van der Waals surface area contributed by atoms with Crippen LogP contribution in [0.5, 0.6) is 0 Å². The lowest BCUT2D eigenvalue weighted by Gasteiger charge is -2.38. The molecule has 0 amide bonds. The molecule has 1 aliphatic heterocycles. The van der Waals surface area contributed by atoms with Gasteiger partial charge in [-0.15, -0.1) is 0 Å². The zero-order valence-electron chi connectivity index (χ0n) is 9.33. The minimum atomic E-state index is -0.670. The maximum Gasteiger partial charge on any atom is 0.323 e. The number of nitrogens with zero attached hydrogens (tertiary/aromatic N) is 1. The quantitative estimate of drug-likeness (QED) is 0.714. The fourth-order valence-electron chi connectivity index (χ4n) is 2.13. The van der Waals surface area contributed by atoms with Gasteiger partial charge in [-0.25, -0.2) is 0 Å². The van der Waals surface area contributed by atoms with Gasteiger partial charge in [0.15, 0.2) is 0 Å². The second kappa shape index (κ2) is 4.10. The van der Waals surface area contributed by atoms with Gasteiger partial charge in [0.25, 0.3) is 0 Å². The normalized spacial score (nSPS) is 26.5. The molecule has 4 heteroatoms. The third kappa shape index (κ3) is 2.49. The Morgan fingerprint density at radius 2 is 2.07 bits per heavy atom. The Bertz CT molecular complexity index is 243. The summed E-state index contributed by atoms with van der Waals surface area (Å²) in [5.74, 6) is 0.0668. The summed E-state index contributed by atoms with van der Waals surface area (Å²) in [4.78, 5) is 13.5. The fourth-order valence-corrected chi connectivity index (χ4v) is 2.13. The second-order valence-corrected chi connectivity index (χ2v) is 5.01. The van der Waals surface area contributed by atoms with Crippen molar-refractivity contribution in [2.45, 2.75) is 31.2 Å². The lowest BCUT2D eigenvalue weighted by molar-refractivity contribution is -0.147. The van der Waals surface area contributed by atoms with Crippen molar-refractivity contribution < 1.29 is 9.90 Å². The SMILES string of the molecule is CN1CCC(NCC2CC2)(C(=O)O)CC1. The molecule has 15 heavy (non-hydrogen) atoms. The monoisotopic (exact) mass is 212 g/mol. The minimum absolute atomic E-state index is 0.644. The number of carboxylic acid groups (broad SMARTS) is 1. The van der Waals surface area contributed by atoms with Gasteiger partial charge in [-0.05, 0) is 45.2 Å². The predicted molar refractivity (Wildman–Crippen MR) is 57.8 cm³/mol. The topological polar surface area (TPSA) is 52.6 Å². The van der Waals surface area contributed by atoms with Gasteiger partial charge in [0, 0.05) is 13.1 Å². The van der Waals surface area contributed by atoms with Crippen LogP contribution in [0.1, 0.15) is 25.7 Å². The van der Waals surface area contributed by atoms with Crippen LogP contribution in [-0.4, -0.2) is 48.2 Å². The predicted octanol–water partition coefficient (Wildman–Crippen LogP) is 0.535. The minimum Gasteiger partial charge on any atom is -0.480 e. The van der Waals surface area contributed by atoms with E-state index in [1.807, 2.05) is 7.05 Å². The smallest absolute Gasteiger partial charge is 0.323 e. The number of aliphatic carboxylic acids is 1. The largest absolute Gasteiger partial charge is 0.480 e. The van der Waals surface area contributed by atoms with E-state index in [2.05, 4.69) is 10.2 Å². The summed E-state index contributed by atoms with van der Waals surface area (Å²) >= 11 is 0. The first-order valence-corrected chi connectivity index (χ1v) is 5.79. The van der Waals surface area contributed by atoms with Gasteiger partial charge in [0.2, 0.25) is 0 Å². The lowest BCUT2D eigenvalue weighted by atomic mass is 9.87. The first-order chi connectivity index (χ1) is 7.12. The zero-order chi connectivity index (χ0) is 10.9. The Kier molecular flexibility index (Phi) is 2.98. The second-order valence-electron chi connectivity index (χ2n) is 5.01. The Hall–Kier alpha value is -0.610. The zero-order valence-corrected chi connectivity index (χ0v) is 9.33. The average Bonchev–Trinajstić information content (AvgIpc) is 3.01. The van der Waals surface area contributed by atoms with E-state index in [0.29, 0.717) is 0 Å². The third-order valence-corrected chi connectivity index (χ3v) is 3.68. The number of rotatable bonds is 4. The average molecular weight is 212 g/mol. The molecule has 0 atom stereocenters. The lowest BCUT2D eigenvalue weighted by Crippen LogP contribution is -2.58. The summed E-state index contributed by atoms with van der Waals surface area (Å²) in [7, 11) is 2.05. The Morgan fingerprint density at radius 3 is 2.53 bits per heavy atom. The number of hydrogen-bond donors (Lipinski definition) is 2. The Morgan fingerprint density at radius 1 is 1.47 bits per heavy atom. The van der Waals surface area contributed by atoms with Crippen molar-refractivity contribution in [2.24, 2.45) is 5.92 Å². The summed E-state index contributed by atoms with van der Waals surface area (Å²) in [6.07, 6.45) is 3.99. The van der Waals surface area contributed by atoms with Gasteiger partial charge < -0.3 is 15.3 Å². The van der Waals surface area contributed by atoms with E-state index in [4.69, 9.17) is 0 Å². The third-order valence-electron chi connectivity index (χ3n) is 3.68. The molecule has 86 valence electrons. The number of likely N-dealkylation sites (tertiary alicyclic amines) is 1. The van der Waals surface area contributed by atoms with Crippen LogP contribution in [0.2, 0.25) is 0 Å². The number of nitrogens with one attached hydrogen (secondary N) is 1. The number of carboxylic acids is 1. The fraction of sp³-hybridized carbons (Fsp3) is 0.909. The molecule has 2 fully saturated rings. The standard InChI is InChI=1S/C11H20N2O2/c1-13-6-4-11(5-7-13,10(14)15)12-8-9-2-3-9/h9,12H,2-8H2,1H3,(H,14,15).